The molecule has 2 N–H and O–H groups in total. The molecule has 1 atom stereocenters. The van der Waals surface area contributed by atoms with E-state index in [1.807, 2.05) is 0 Å². The molecule has 0 aromatic carbocycles. The smallest absolute Gasteiger partial charge is 0.0434 e. The average Bonchev–Trinajstić information content (AvgIpc) is 2.28. The molecule has 17 heavy (non-hydrogen) atoms. The molecular weight excluding hydrogens is 210 g/mol. The van der Waals surface area contributed by atoms with Crippen LogP contribution in [0.4, 0.5) is 0 Å². The van der Waals surface area contributed by atoms with Crippen molar-refractivity contribution in [1.82, 2.24) is 5.32 Å². The molecule has 1 aliphatic carbocycles. The minimum Gasteiger partial charge on any atom is -0.396 e. The first kappa shape index (κ1) is 15.0. The van der Waals surface area contributed by atoms with Gasteiger partial charge in [0.25, 0.3) is 0 Å². The molecule has 0 saturated heterocycles. The zero-order chi connectivity index (χ0) is 12.7. The molecule has 0 aliphatic heterocycles. The van der Waals surface area contributed by atoms with Crippen molar-refractivity contribution in [3.63, 3.8) is 0 Å². The van der Waals surface area contributed by atoms with Crippen LogP contribution in [0.2, 0.25) is 0 Å². The van der Waals surface area contributed by atoms with Gasteiger partial charge in [-0.3, -0.25) is 0 Å². The molecule has 2 heteroatoms. The van der Waals surface area contributed by atoms with Gasteiger partial charge in [0.1, 0.15) is 0 Å². The third kappa shape index (κ3) is 5.87. The van der Waals surface area contributed by atoms with Crippen molar-refractivity contribution >= 4 is 0 Å². The predicted molar refractivity (Wildman–Crippen MR) is 74.1 cm³/mol. The standard InChI is InChI=1S/C15H31NO/c1-4-5-13(8-11-17)12-16-14-6-9-15(2,3)10-7-14/h13-14,16-17H,4-12H2,1-3H3. The Balaban J connectivity index is 2.21. The van der Waals surface area contributed by atoms with E-state index in [0.29, 0.717) is 17.9 Å². The first-order chi connectivity index (χ1) is 8.07. The van der Waals surface area contributed by atoms with E-state index in [2.05, 4.69) is 26.1 Å². The van der Waals surface area contributed by atoms with Crippen LogP contribution in [0.25, 0.3) is 0 Å². The van der Waals surface area contributed by atoms with Gasteiger partial charge in [0.15, 0.2) is 0 Å². The Bertz CT molecular complexity index is 187. The minimum absolute atomic E-state index is 0.337. The van der Waals surface area contributed by atoms with Gasteiger partial charge in [-0.25, -0.2) is 0 Å². The Morgan fingerprint density at radius 2 is 1.88 bits per heavy atom. The molecule has 0 aromatic rings. The number of hydrogen-bond donors (Lipinski definition) is 2. The van der Waals surface area contributed by atoms with Crippen molar-refractivity contribution in [3.8, 4) is 0 Å². The van der Waals surface area contributed by atoms with Gasteiger partial charge < -0.3 is 10.4 Å². The van der Waals surface area contributed by atoms with Crippen molar-refractivity contribution in [2.45, 2.75) is 71.8 Å². The second-order valence-corrected chi connectivity index (χ2v) is 6.51. The maximum atomic E-state index is 9.04. The molecule has 0 radical (unpaired) electrons. The summed E-state index contributed by atoms with van der Waals surface area (Å²) in [5.74, 6) is 0.667. The van der Waals surface area contributed by atoms with Crippen LogP contribution >= 0.6 is 0 Å². The molecule has 1 rings (SSSR count). The minimum atomic E-state index is 0.337. The van der Waals surface area contributed by atoms with Gasteiger partial charge in [0.05, 0.1) is 0 Å². The lowest BCUT2D eigenvalue weighted by Gasteiger charge is -2.35. The monoisotopic (exact) mass is 241 g/mol. The fourth-order valence-electron chi connectivity index (χ4n) is 2.88. The molecule has 0 amide bonds. The summed E-state index contributed by atoms with van der Waals surface area (Å²) in [4.78, 5) is 0. The highest BCUT2D eigenvalue weighted by atomic mass is 16.3. The lowest BCUT2D eigenvalue weighted by Crippen LogP contribution is -2.38. The summed E-state index contributed by atoms with van der Waals surface area (Å²) < 4.78 is 0. The topological polar surface area (TPSA) is 32.3 Å². The predicted octanol–water partition coefficient (Wildman–Crippen LogP) is 3.34. The summed E-state index contributed by atoms with van der Waals surface area (Å²) in [6, 6.07) is 0.723. The second-order valence-electron chi connectivity index (χ2n) is 6.51. The molecule has 0 bridgehead atoms. The first-order valence-corrected chi connectivity index (χ1v) is 7.41. The van der Waals surface area contributed by atoms with Gasteiger partial charge >= 0.3 is 0 Å². The van der Waals surface area contributed by atoms with Crippen LogP contribution in [-0.2, 0) is 0 Å². The number of hydrogen-bond acceptors (Lipinski definition) is 2. The van der Waals surface area contributed by atoms with E-state index in [1.165, 1.54) is 38.5 Å². The highest BCUT2D eigenvalue weighted by Gasteiger charge is 2.26. The third-order valence-electron chi connectivity index (χ3n) is 4.27. The maximum absolute atomic E-state index is 9.04. The van der Waals surface area contributed by atoms with Gasteiger partial charge in [0, 0.05) is 12.6 Å². The van der Waals surface area contributed by atoms with E-state index >= 15 is 0 Å². The Hall–Kier alpha value is -0.0800. The van der Waals surface area contributed by atoms with Crippen LogP contribution in [0.5, 0.6) is 0 Å². The fourth-order valence-corrected chi connectivity index (χ4v) is 2.88. The Labute approximate surface area is 107 Å². The summed E-state index contributed by atoms with van der Waals surface area (Å²) in [5, 5.41) is 12.8. The molecule has 1 saturated carbocycles. The zero-order valence-electron chi connectivity index (χ0n) is 12.0. The van der Waals surface area contributed by atoms with Crippen LogP contribution in [-0.4, -0.2) is 24.3 Å². The highest BCUT2D eigenvalue weighted by Crippen LogP contribution is 2.35. The van der Waals surface area contributed by atoms with Gasteiger partial charge in [-0.2, -0.15) is 0 Å². The van der Waals surface area contributed by atoms with Crippen LogP contribution in [0, 0.1) is 11.3 Å². The second kappa shape index (κ2) is 7.38. The fraction of sp³-hybridized carbons (Fsp3) is 1.00. The molecule has 1 fully saturated rings. The first-order valence-electron chi connectivity index (χ1n) is 7.41. The molecule has 0 heterocycles. The lowest BCUT2D eigenvalue weighted by molar-refractivity contribution is 0.195. The van der Waals surface area contributed by atoms with Crippen LogP contribution < -0.4 is 5.32 Å². The number of aliphatic hydroxyl groups excluding tert-OH is 1. The van der Waals surface area contributed by atoms with Gasteiger partial charge in [-0.1, -0.05) is 27.2 Å². The molecule has 0 aromatic heterocycles. The Morgan fingerprint density at radius 1 is 1.24 bits per heavy atom. The number of nitrogens with one attached hydrogen (secondary N) is 1. The van der Waals surface area contributed by atoms with Crippen LogP contribution in [0.3, 0.4) is 0 Å². The van der Waals surface area contributed by atoms with Gasteiger partial charge in [0.2, 0.25) is 0 Å². The Morgan fingerprint density at radius 3 is 2.41 bits per heavy atom. The van der Waals surface area contributed by atoms with E-state index in [1.54, 1.807) is 0 Å². The van der Waals surface area contributed by atoms with Crippen LogP contribution in [0.1, 0.15) is 65.7 Å². The van der Waals surface area contributed by atoms with E-state index in [9.17, 15) is 0 Å². The molecule has 102 valence electrons. The van der Waals surface area contributed by atoms with E-state index < -0.39 is 0 Å². The van der Waals surface area contributed by atoms with Gasteiger partial charge in [-0.05, 0) is 56.4 Å². The van der Waals surface area contributed by atoms with Crippen molar-refractivity contribution in [2.75, 3.05) is 13.2 Å². The molecule has 1 aliphatic rings. The number of rotatable bonds is 7. The number of aliphatic hydroxyl groups is 1. The summed E-state index contributed by atoms with van der Waals surface area (Å²) in [6.07, 6.45) is 8.77. The largest absolute Gasteiger partial charge is 0.396 e. The normalized spacial score (nSPS) is 22.6. The van der Waals surface area contributed by atoms with Crippen molar-refractivity contribution < 1.29 is 5.11 Å². The van der Waals surface area contributed by atoms with Gasteiger partial charge in [-0.15, -0.1) is 0 Å². The molecule has 1 unspecified atom stereocenters. The maximum Gasteiger partial charge on any atom is 0.0434 e. The summed E-state index contributed by atoms with van der Waals surface area (Å²) in [6.45, 7) is 8.43. The van der Waals surface area contributed by atoms with Crippen molar-refractivity contribution in [2.24, 2.45) is 11.3 Å². The summed E-state index contributed by atoms with van der Waals surface area (Å²) in [5.41, 5.74) is 0.562. The van der Waals surface area contributed by atoms with E-state index in [0.717, 1.165) is 19.0 Å². The quantitative estimate of drug-likeness (QED) is 0.716. The Kier molecular flexibility index (Phi) is 6.50. The van der Waals surface area contributed by atoms with Crippen LogP contribution in [0.15, 0.2) is 0 Å². The molecule has 0 spiro atoms. The average molecular weight is 241 g/mol. The van der Waals surface area contributed by atoms with E-state index in [4.69, 9.17) is 5.11 Å². The van der Waals surface area contributed by atoms with E-state index in [-0.39, 0.29) is 0 Å². The summed E-state index contributed by atoms with van der Waals surface area (Å²) >= 11 is 0. The molecule has 2 nitrogen and oxygen atoms in total. The lowest BCUT2D eigenvalue weighted by atomic mass is 9.75. The molecular formula is C15H31NO. The summed E-state index contributed by atoms with van der Waals surface area (Å²) in [7, 11) is 0. The van der Waals surface area contributed by atoms with Crippen molar-refractivity contribution in [1.29, 1.82) is 0 Å². The SMILES string of the molecule is CCCC(CCO)CNC1CCC(C)(C)CC1. The third-order valence-corrected chi connectivity index (χ3v) is 4.27. The van der Waals surface area contributed by atoms with Crippen molar-refractivity contribution in [3.05, 3.63) is 0 Å². The zero-order valence-corrected chi connectivity index (χ0v) is 12.0. The highest BCUT2D eigenvalue weighted by molar-refractivity contribution is 4.82.